The first-order valence-electron chi connectivity index (χ1n) is 3.22. The first-order valence-corrected chi connectivity index (χ1v) is 4.76. The van der Waals surface area contributed by atoms with Crippen molar-refractivity contribution in [2.24, 2.45) is 5.73 Å². The zero-order valence-electron chi connectivity index (χ0n) is 6.88. The minimum absolute atomic E-state index is 0.396. The molecule has 0 saturated heterocycles. The Morgan fingerprint density at radius 3 is 1.60 bits per heavy atom. The number of sulfone groups is 1. The largest absolute Gasteiger partial charge is 0.313 e. The summed E-state index contributed by atoms with van der Waals surface area (Å²) < 4.78 is 22.5. The molecule has 0 saturated carbocycles. The molecule has 0 amide bonds. The lowest BCUT2D eigenvalue weighted by atomic mass is 10.4. The Bertz CT molecular complexity index is 198. The van der Waals surface area contributed by atoms with E-state index < -0.39 is 20.0 Å². The molecule has 0 unspecified atom stereocenters. The van der Waals surface area contributed by atoms with E-state index in [0.29, 0.717) is 0 Å². The normalized spacial score (nSPS) is 14.2. The molecule has 62 valence electrons. The molecule has 0 atom stereocenters. The molecule has 0 aliphatic carbocycles. The summed E-state index contributed by atoms with van der Waals surface area (Å²) in [6.45, 7) is 6.26. The molecule has 0 spiro atoms. The third-order valence-electron chi connectivity index (χ3n) is 1.35. The zero-order chi connectivity index (χ0) is 8.58. The van der Waals surface area contributed by atoms with Gasteiger partial charge in [-0.15, -0.1) is 0 Å². The second-order valence-corrected chi connectivity index (χ2v) is 6.28. The quantitative estimate of drug-likeness (QED) is 0.648. The van der Waals surface area contributed by atoms with Crippen molar-refractivity contribution in [1.29, 1.82) is 0 Å². The molecule has 0 aromatic heterocycles. The molecular weight excluding hydrogens is 150 g/mol. The standard InChI is InChI=1S/C6H15NO2S/c1-5(2)10(8,9)6(3,4)7/h5H,7H2,1-4H3. The minimum atomic E-state index is -3.14. The molecule has 0 aliphatic heterocycles. The third kappa shape index (κ3) is 1.70. The lowest BCUT2D eigenvalue weighted by Crippen LogP contribution is -2.45. The third-order valence-corrected chi connectivity index (χ3v) is 4.06. The summed E-state index contributed by atoms with van der Waals surface area (Å²) in [7, 11) is -3.14. The van der Waals surface area contributed by atoms with Crippen LogP contribution in [0.15, 0.2) is 0 Å². The van der Waals surface area contributed by atoms with Crippen LogP contribution in [0.4, 0.5) is 0 Å². The topological polar surface area (TPSA) is 60.2 Å². The summed E-state index contributed by atoms with van der Waals surface area (Å²) in [5.74, 6) is 0. The monoisotopic (exact) mass is 165 g/mol. The van der Waals surface area contributed by atoms with E-state index in [4.69, 9.17) is 5.73 Å². The summed E-state index contributed by atoms with van der Waals surface area (Å²) in [6, 6.07) is 0. The molecule has 0 heterocycles. The van der Waals surface area contributed by atoms with Crippen molar-refractivity contribution < 1.29 is 8.42 Å². The van der Waals surface area contributed by atoms with Crippen LogP contribution < -0.4 is 5.73 Å². The average Bonchev–Trinajstić information content (AvgIpc) is 1.62. The van der Waals surface area contributed by atoms with Crippen molar-refractivity contribution in [3.63, 3.8) is 0 Å². The van der Waals surface area contributed by atoms with Crippen LogP contribution in [0.2, 0.25) is 0 Å². The Hall–Kier alpha value is -0.0900. The first kappa shape index (κ1) is 9.91. The van der Waals surface area contributed by atoms with Gasteiger partial charge in [0.1, 0.15) is 4.87 Å². The van der Waals surface area contributed by atoms with Crippen molar-refractivity contribution in [1.82, 2.24) is 0 Å². The van der Waals surface area contributed by atoms with Crippen LogP contribution in [0, 0.1) is 0 Å². The predicted octanol–water partition coefficient (Wildman–Crippen LogP) is 0.504. The molecule has 0 bridgehead atoms. The van der Waals surface area contributed by atoms with E-state index in [1.54, 1.807) is 13.8 Å². The molecule has 0 aromatic carbocycles. The first-order chi connectivity index (χ1) is 4.19. The molecule has 0 rings (SSSR count). The van der Waals surface area contributed by atoms with Gasteiger partial charge in [0.15, 0.2) is 9.84 Å². The van der Waals surface area contributed by atoms with Crippen LogP contribution in [-0.2, 0) is 9.84 Å². The highest BCUT2D eigenvalue weighted by molar-refractivity contribution is 7.93. The Morgan fingerprint density at radius 1 is 1.30 bits per heavy atom. The molecule has 0 aliphatic rings. The number of hydrogen-bond donors (Lipinski definition) is 1. The van der Waals surface area contributed by atoms with Crippen LogP contribution in [0.5, 0.6) is 0 Å². The number of rotatable bonds is 2. The second-order valence-electron chi connectivity index (χ2n) is 3.20. The summed E-state index contributed by atoms with van der Waals surface area (Å²) in [4.78, 5) is -1.11. The molecule has 2 N–H and O–H groups in total. The van der Waals surface area contributed by atoms with Crippen molar-refractivity contribution in [3.8, 4) is 0 Å². The maximum Gasteiger partial charge on any atom is 0.170 e. The van der Waals surface area contributed by atoms with Crippen LogP contribution >= 0.6 is 0 Å². The van der Waals surface area contributed by atoms with Crippen LogP contribution in [0.25, 0.3) is 0 Å². The van der Waals surface area contributed by atoms with Crippen LogP contribution in [0.3, 0.4) is 0 Å². The summed E-state index contributed by atoms with van der Waals surface area (Å²) in [5, 5.41) is -0.396. The fourth-order valence-corrected chi connectivity index (χ4v) is 1.82. The highest BCUT2D eigenvalue weighted by atomic mass is 32.2. The molecule has 0 fully saturated rings. The van der Waals surface area contributed by atoms with E-state index in [-0.39, 0.29) is 0 Å². The van der Waals surface area contributed by atoms with Gasteiger partial charge in [-0.2, -0.15) is 0 Å². The van der Waals surface area contributed by atoms with E-state index in [2.05, 4.69) is 0 Å². The number of nitrogens with two attached hydrogens (primary N) is 1. The number of hydrogen-bond acceptors (Lipinski definition) is 3. The molecule has 0 radical (unpaired) electrons. The highest BCUT2D eigenvalue weighted by Crippen LogP contribution is 2.14. The van der Waals surface area contributed by atoms with Gasteiger partial charge in [0.25, 0.3) is 0 Å². The van der Waals surface area contributed by atoms with Crippen LogP contribution in [-0.4, -0.2) is 18.5 Å². The smallest absolute Gasteiger partial charge is 0.170 e. The molecular formula is C6H15NO2S. The maximum absolute atomic E-state index is 11.2. The molecule has 4 heteroatoms. The van der Waals surface area contributed by atoms with Gasteiger partial charge in [-0.05, 0) is 27.7 Å². The highest BCUT2D eigenvalue weighted by Gasteiger charge is 2.32. The van der Waals surface area contributed by atoms with Crippen molar-refractivity contribution in [3.05, 3.63) is 0 Å². The van der Waals surface area contributed by atoms with Crippen LogP contribution in [0.1, 0.15) is 27.7 Å². The van der Waals surface area contributed by atoms with Gasteiger partial charge in [-0.3, -0.25) is 0 Å². The molecule has 10 heavy (non-hydrogen) atoms. The molecule has 0 aromatic rings. The van der Waals surface area contributed by atoms with E-state index >= 15 is 0 Å². The van der Waals surface area contributed by atoms with Gasteiger partial charge < -0.3 is 5.73 Å². The Labute approximate surface area is 62.5 Å². The van der Waals surface area contributed by atoms with Gasteiger partial charge in [0, 0.05) is 0 Å². The summed E-state index contributed by atoms with van der Waals surface area (Å²) >= 11 is 0. The lowest BCUT2D eigenvalue weighted by molar-refractivity contribution is 0.543. The van der Waals surface area contributed by atoms with Gasteiger partial charge >= 0.3 is 0 Å². The lowest BCUT2D eigenvalue weighted by Gasteiger charge is -2.21. The van der Waals surface area contributed by atoms with E-state index in [1.165, 1.54) is 13.8 Å². The van der Waals surface area contributed by atoms with Crippen molar-refractivity contribution in [2.45, 2.75) is 37.8 Å². The Morgan fingerprint density at radius 2 is 1.60 bits per heavy atom. The fraction of sp³-hybridized carbons (Fsp3) is 1.00. The SMILES string of the molecule is CC(C)S(=O)(=O)C(C)(C)N. The van der Waals surface area contributed by atoms with E-state index in [9.17, 15) is 8.42 Å². The summed E-state index contributed by atoms with van der Waals surface area (Å²) in [6.07, 6.45) is 0. The Kier molecular flexibility index (Phi) is 2.49. The summed E-state index contributed by atoms with van der Waals surface area (Å²) in [5.41, 5.74) is 5.43. The predicted molar refractivity (Wildman–Crippen MR) is 42.3 cm³/mol. The Balaban J connectivity index is 4.79. The van der Waals surface area contributed by atoms with E-state index in [0.717, 1.165) is 0 Å². The van der Waals surface area contributed by atoms with Gasteiger partial charge in [0.05, 0.1) is 5.25 Å². The molecule has 3 nitrogen and oxygen atoms in total. The zero-order valence-corrected chi connectivity index (χ0v) is 7.70. The van der Waals surface area contributed by atoms with Gasteiger partial charge in [0.2, 0.25) is 0 Å². The van der Waals surface area contributed by atoms with E-state index in [1.807, 2.05) is 0 Å². The van der Waals surface area contributed by atoms with Crippen molar-refractivity contribution in [2.75, 3.05) is 0 Å². The minimum Gasteiger partial charge on any atom is -0.313 e. The van der Waals surface area contributed by atoms with Crippen molar-refractivity contribution >= 4 is 9.84 Å². The maximum atomic E-state index is 11.2. The van der Waals surface area contributed by atoms with Gasteiger partial charge in [-0.25, -0.2) is 8.42 Å². The van der Waals surface area contributed by atoms with Gasteiger partial charge in [-0.1, -0.05) is 0 Å². The average molecular weight is 165 g/mol. The fourth-order valence-electron chi connectivity index (χ4n) is 0.607. The second kappa shape index (κ2) is 2.51.